The van der Waals surface area contributed by atoms with Gasteiger partial charge in [-0.25, -0.2) is 9.78 Å². The molecular formula is C17H14N2O4. The van der Waals surface area contributed by atoms with Crippen LogP contribution in [0.15, 0.2) is 59.8 Å². The number of methoxy groups -OCH3 is 1. The zero-order chi connectivity index (χ0) is 16.0. The van der Waals surface area contributed by atoms with Gasteiger partial charge in [-0.15, -0.1) is 0 Å². The van der Waals surface area contributed by atoms with E-state index in [0.29, 0.717) is 16.8 Å². The highest BCUT2D eigenvalue weighted by molar-refractivity contribution is 6.01. The molecule has 1 aliphatic carbocycles. The van der Waals surface area contributed by atoms with E-state index < -0.39 is 5.97 Å². The monoisotopic (exact) mass is 310 g/mol. The number of hydrogen-bond donors (Lipinski definition) is 2. The Morgan fingerprint density at radius 2 is 2.30 bits per heavy atom. The molecule has 0 aromatic carbocycles. The molecule has 2 N–H and O–H groups in total. The second kappa shape index (κ2) is 5.01. The average Bonchev–Trinajstić information content (AvgIpc) is 3.18. The molecule has 0 radical (unpaired) electrons. The van der Waals surface area contributed by atoms with E-state index in [1.54, 1.807) is 18.4 Å². The van der Waals surface area contributed by atoms with Gasteiger partial charge in [-0.2, -0.15) is 0 Å². The first-order valence-corrected chi connectivity index (χ1v) is 7.18. The van der Waals surface area contributed by atoms with Crippen molar-refractivity contribution in [1.82, 2.24) is 10.3 Å². The van der Waals surface area contributed by atoms with Gasteiger partial charge in [0.15, 0.2) is 0 Å². The van der Waals surface area contributed by atoms with Crippen molar-refractivity contribution in [2.75, 3.05) is 7.11 Å². The van der Waals surface area contributed by atoms with Gasteiger partial charge in [0.25, 0.3) is 0 Å². The normalized spacial score (nSPS) is 24.2. The number of ether oxygens (including phenoxy) is 2. The lowest BCUT2D eigenvalue weighted by Crippen LogP contribution is -2.27. The van der Waals surface area contributed by atoms with Crippen LogP contribution < -0.4 is 5.32 Å². The molecule has 0 amide bonds. The molecule has 1 aromatic heterocycles. The SMILES string of the molecule is COC(=O)C1=C(c2cccnc2O)C2C(=CC=C3C=COC32)N1. The predicted octanol–water partition coefficient (Wildman–Crippen LogP) is 1.63. The van der Waals surface area contributed by atoms with Gasteiger partial charge in [0.2, 0.25) is 5.88 Å². The van der Waals surface area contributed by atoms with Crippen molar-refractivity contribution < 1.29 is 19.4 Å². The molecule has 3 aliphatic rings. The number of aromatic nitrogens is 1. The summed E-state index contributed by atoms with van der Waals surface area (Å²) < 4.78 is 10.6. The van der Waals surface area contributed by atoms with Crippen LogP contribution >= 0.6 is 0 Å². The quantitative estimate of drug-likeness (QED) is 0.808. The largest absolute Gasteiger partial charge is 0.493 e. The number of aromatic hydroxyl groups is 1. The fourth-order valence-electron chi connectivity index (χ4n) is 3.22. The highest BCUT2D eigenvalue weighted by Crippen LogP contribution is 2.46. The Bertz CT molecular complexity index is 820. The second-order valence-corrected chi connectivity index (χ2v) is 5.41. The van der Waals surface area contributed by atoms with Gasteiger partial charge in [-0.1, -0.05) is 6.08 Å². The number of pyridine rings is 1. The average molecular weight is 310 g/mol. The maximum atomic E-state index is 12.2. The fourth-order valence-corrected chi connectivity index (χ4v) is 3.22. The van der Waals surface area contributed by atoms with Crippen LogP contribution in [0.3, 0.4) is 0 Å². The molecule has 116 valence electrons. The number of nitrogens with zero attached hydrogens (tertiary/aromatic N) is 1. The molecule has 2 aliphatic heterocycles. The second-order valence-electron chi connectivity index (χ2n) is 5.41. The predicted molar refractivity (Wildman–Crippen MR) is 81.6 cm³/mol. The molecule has 0 saturated heterocycles. The third-order valence-corrected chi connectivity index (χ3v) is 4.22. The van der Waals surface area contributed by atoms with Gasteiger partial charge in [0.1, 0.15) is 11.8 Å². The van der Waals surface area contributed by atoms with Crippen molar-refractivity contribution in [3.63, 3.8) is 0 Å². The molecule has 2 atom stereocenters. The third-order valence-electron chi connectivity index (χ3n) is 4.22. The minimum Gasteiger partial charge on any atom is -0.493 e. The summed E-state index contributed by atoms with van der Waals surface area (Å²) in [5, 5.41) is 13.3. The Morgan fingerprint density at radius 3 is 3.09 bits per heavy atom. The van der Waals surface area contributed by atoms with Crippen molar-refractivity contribution in [2.24, 2.45) is 5.92 Å². The molecule has 1 aromatic rings. The van der Waals surface area contributed by atoms with E-state index in [4.69, 9.17) is 9.47 Å². The Kier molecular flexibility index (Phi) is 2.97. The number of nitrogens with one attached hydrogen (secondary N) is 1. The lowest BCUT2D eigenvalue weighted by atomic mass is 9.82. The van der Waals surface area contributed by atoms with E-state index in [0.717, 1.165) is 11.3 Å². The third kappa shape index (κ3) is 1.95. The van der Waals surface area contributed by atoms with Crippen LogP contribution in [-0.4, -0.2) is 29.3 Å². The number of rotatable bonds is 2. The summed E-state index contributed by atoms with van der Waals surface area (Å²) in [5.74, 6) is -0.853. The van der Waals surface area contributed by atoms with E-state index in [2.05, 4.69) is 10.3 Å². The van der Waals surface area contributed by atoms with E-state index in [1.165, 1.54) is 13.3 Å². The molecule has 0 bridgehead atoms. The molecule has 23 heavy (non-hydrogen) atoms. The van der Waals surface area contributed by atoms with Crippen molar-refractivity contribution >= 4 is 11.5 Å². The summed E-state index contributed by atoms with van der Waals surface area (Å²) in [6.45, 7) is 0. The minimum absolute atomic E-state index is 0.131. The number of carbonyl (C=O) groups is 1. The molecule has 2 unspecified atom stereocenters. The topological polar surface area (TPSA) is 80.7 Å². The lowest BCUT2D eigenvalue weighted by Gasteiger charge is -2.26. The van der Waals surface area contributed by atoms with Crippen molar-refractivity contribution in [3.05, 3.63) is 65.4 Å². The van der Waals surface area contributed by atoms with Gasteiger partial charge in [0, 0.05) is 23.0 Å². The van der Waals surface area contributed by atoms with E-state index >= 15 is 0 Å². The standard InChI is InChI=1S/C17H14N2O4/c1-22-17(21)14-12(10-3-2-7-18-16(10)20)13-11(19-14)5-4-9-6-8-23-15(9)13/h2-8,13,15,19H,1H3,(H,18,20). The molecule has 3 heterocycles. The first-order valence-electron chi connectivity index (χ1n) is 7.18. The molecular weight excluding hydrogens is 296 g/mol. The highest BCUT2D eigenvalue weighted by Gasteiger charge is 2.44. The summed E-state index contributed by atoms with van der Waals surface area (Å²) in [4.78, 5) is 16.1. The Balaban J connectivity index is 1.90. The van der Waals surface area contributed by atoms with Crippen LogP contribution in [0.4, 0.5) is 0 Å². The van der Waals surface area contributed by atoms with Gasteiger partial charge in [-0.3, -0.25) is 0 Å². The van der Waals surface area contributed by atoms with E-state index in [1.807, 2.05) is 18.2 Å². The van der Waals surface area contributed by atoms with Crippen molar-refractivity contribution in [2.45, 2.75) is 6.10 Å². The summed E-state index contributed by atoms with van der Waals surface area (Å²) in [6.07, 6.45) is 8.67. The number of esters is 1. The van der Waals surface area contributed by atoms with Gasteiger partial charge >= 0.3 is 5.97 Å². The van der Waals surface area contributed by atoms with Gasteiger partial charge < -0.3 is 19.9 Å². The molecule has 4 rings (SSSR count). The Labute approximate surface area is 132 Å². The summed E-state index contributed by atoms with van der Waals surface area (Å²) in [7, 11) is 1.32. The first kappa shape index (κ1) is 13.6. The van der Waals surface area contributed by atoms with Crippen LogP contribution in [0.2, 0.25) is 0 Å². The van der Waals surface area contributed by atoms with Crippen LogP contribution in [0.1, 0.15) is 5.56 Å². The van der Waals surface area contributed by atoms with Crippen molar-refractivity contribution in [1.29, 1.82) is 0 Å². The van der Waals surface area contributed by atoms with Crippen LogP contribution in [0, 0.1) is 5.92 Å². The number of carbonyl (C=O) groups excluding carboxylic acids is 1. The van der Waals surface area contributed by atoms with Crippen LogP contribution in [0.25, 0.3) is 5.57 Å². The molecule has 0 spiro atoms. The van der Waals surface area contributed by atoms with E-state index in [9.17, 15) is 9.90 Å². The number of fused-ring (bicyclic) bond motifs is 3. The van der Waals surface area contributed by atoms with Gasteiger partial charge in [-0.05, 0) is 29.9 Å². The molecule has 0 saturated carbocycles. The maximum Gasteiger partial charge on any atom is 0.354 e. The first-order chi connectivity index (χ1) is 11.2. The Morgan fingerprint density at radius 1 is 1.43 bits per heavy atom. The van der Waals surface area contributed by atoms with Crippen molar-refractivity contribution in [3.8, 4) is 5.88 Å². The minimum atomic E-state index is -0.494. The zero-order valence-electron chi connectivity index (χ0n) is 12.3. The maximum absolute atomic E-state index is 12.2. The smallest absolute Gasteiger partial charge is 0.354 e. The molecule has 0 fully saturated rings. The summed E-state index contributed by atoms with van der Waals surface area (Å²) >= 11 is 0. The molecule has 6 heteroatoms. The number of allylic oxidation sites excluding steroid dienone is 2. The van der Waals surface area contributed by atoms with Gasteiger partial charge in [0.05, 0.1) is 19.3 Å². The van der Waals surface area contributed by atoms with Crippen LogP contribution in [-0.2, 0) is 14.3 Å². The van der Waals surface area contributed by atoms with Crippen LogP contribution in [0.5, 0.6) is 5.88 Å². The molecule has 6 nitrogen and oxygen atoms in total. The Hall–Kier alpha value is -3.02. The lowest BCUT2D eigenvalue weighted by molar-refractivity contribution is -0.136. The summed E-state index contributed by atoms with van der Waals surface area (Å²) in [6, 6.07) is 3.44. The summed E-state index contributed by atoms with van der Waals surface area (Å²) in [5.41, 5.74) is 3.28. The zero-order valence-corrected chi connectivity index (χ0v) is 12.3. The highest BCUT2D eigenvalue weighted by atomic mass is 16.5. The van der Waals surface area contributed by atoms with E-state index in [-0.39, 0.29) is 17.9 Å². The fraction of sp³-hybridized carbons (Fsp3) is 0.176. The number of hydrogen-bond acceptors (Lipinski definition) is 6.